The molecule has 0 aliphatic heterocycles. The lowest BCUT2D eigenvalue weighted by atomic mass is 9.74. The first kappa shape index (κ1) is 13.4. The van der Waals surface area contributed by atoms with Crippen LogP contribution in [0.1, 0.15) is 58.8 Å². The fraction of sp³-hybridized carbons (Fsp3) is 0.556. The van der Waals surface area contributed by atoms with E-state index in [-0.39, 0.29) is 5.41 Å². The van der Waals surface area contributed by atoms with Crippen LogP contribution < -0.4 is 0 Å². The van der Waals surface area contributed by atoms with Crippen molar-refractivity contribution in [2.24, 2.45) is 5.41 Å². The third-order valence-electron chi connectivity index (χ3n) is 4.18. The molecule has 0 heteroatoms. The van der Waals surface area contributed by atoms with Crippen LogP contribution in [0.25, 0.3) is 0 Å². The van der Waals surface area contributed by atoms with E-state index in [4.69, 9.17) is 0 Å². The fourth-order valence-corrected chi connectivity index (χ4v) is 3.11. The maximum absolute atomic E-state index is 2.46. The summed E-state index contributed by atoms with van der Waals surface area (Å²) in [6.07, 6.45) is 23.1. The Hall–Kier alpha value is -1.04. The van der Waals surface area contributed by atoms with Gasteiger partial charge in [-0.25, -0.2) is 0 Å². The summed E-state index contributed by atoms with van der Waals surface area (Å²) in [5.74, 6) is 0. The summed E-state index contributed by atoms with van der Waals surface area (Å²) in [6.45, 7) is 4.56. The van der Waals surface area contributed by atoms with Crippen molar-refractivity contribution in [1.82, 2.24) is 0 Å². The Morgan fingerprint density at radius 2 is 1.72 bits per heavy atom. The van der Waals surface area contributed by atoms with E-state index in [1.54, 1.807) is 11.1 Å². The summed E-state index contributed by atoms with van der Waals surface area (Å²) in [7, 11) is 0. The quantitative estimate of drug-likeness (QED) is 0.534. The van der Waals surface area contributed by atoms with Crippen LogP contribution in [0.4, 0.5) is 0 Å². The van der Waals surface area contributed by atoms with Crippen LogP contribution in [-0.2, 0) is 0 Å². The molecule has 0 nitrogen and oxygen atoms in total. The summed E-state index contributed by atoms with van der Waals surface area (Å²) in [5, 5.41) is 0. The highest BCUT2D eigenvalue weighted by Crippen LogP contribution is 2.46. The van der Waals surface area contributed by atoms with Gasteiger partial charge in [0, 0.05) is 5.41 Å². The molecule has 0 aromatic rings. The lowest BCUT2D eigenvalue weighted by Crippen LogP contribution is -2.17. The van der Waals surface area contributed by atoms with Gasteiger partial charge in [-0.3, -0.25) is 0 Å². The zero-order valence-corrected chi connectivity index (χ0v) is 11.9. The molecule has 0 heterocycles. The summed E-state index contributed by atoms with van der Waals surface area (Å²) < 4.78 is 0. The monoisotopic (exact) mass is 242 g/mol. The van der Waals surface area contributed by atoms with Crippen molar-refractivity contribution in [2.45, 2.75) is 58.8 Å². The van der Waals surface area contributed by atoms with Crippen LogP contribution in [0.2, 0.25) is 0 Å². The average Bonchev–Trinajstić information content (AvgIpc) is 3.03. The van der Waals surface area contributed by atoms with Crippen LogP contribution >= 0.6 is 0 Å². The molecule has 0 aromatic carbocycles. The summed E-state index contributed by atoms with van der Waals surface area (Å²) in [6, 6.07) is 0. The molecule has 0 atom stereocenters. The molecule has 0 bridgehead atoms. The predicted octanol–water partition coefficient (Wildman–Crippen LogP) is 5.74. The molecule has 0 aromatic heterocycles. The maximum Gasteiger partial charge on any atom is 0.0317 e. The Bertz CT molecular complexity index is 378. The molecule has 0 spiro atoms. The Labute approximate surface area is 112 Å². The minimum Gasteiger partial charge on any atom is -0.0772 e. The second kappa shape index (κ2) is 6.22. The molecule has 2 rings (SSSR count). The first-order chi connectivity index (χ1) is 8.82. The zero-order valence-electron chi connectivity index (χ0n) is 11.9. The molecule has 2 aliphatic carbocycles. The van der Waals surface area contributed by atoms with E-state index in [9.17, 15) is 0 Å². The van der Waals surface area contributed by atoms with E-state index in [1.807, 2.05) is 0 Å². The van der Waals surface area contributed by atoms with Crippen molar-refractivity contribution >= 4 is 0 Å². The number of hydrogen-bond acceptors (Lipinski definition) is 0. The summed E-state index contributed by atoms with van der Waals surface area (Å²) in [4.78, 5) is 0. The van der Waals surface area contributed by atoms with Crippen LogP contribution in [0.15, 0.2) is 47.6 Å². The summed E-state index contributed by atoms with van der Waals surface area (Å²) in [5.41, 5.74) is 3.45. The molecular weight excluding hydrogens is 216 g/mol. The van der Waals surface area contributed by atoms with Crippen molar-refractivity contribution in [3.63, 3.8) is 0 Å². The van der Waals surface area contributed by atoms with E-state index < -0.39 is 0 Å². The molecule has 0 saturated heterocycles. The maximum atomic E-state index is 2.46. The zero-order chi connectivity index (χ0) is 12.8. The van der Waals surface area contributed by atoms with Gasteiger partial charge in [0.2, 0.25) is 0 Å². The van der Waals surface area contributed by atoms with Gasteiger partial charge in [-0.1, -0.05) is 69.6 Å². The average molecular weight is 242 g/mol. The Morgan fingerprint density at radius 3 is 2.39 bits per heavy atom. The van der Waals surface area contributed by atoms with E-state index in [2.05, 4.69) is 50.3 Å². The number of rotatable bonds is 7. The largest absolute Gasteiger partial charge is 0.0772 e. The molecule has 2 aliphatic rings. The molecule has 0 saturated carbocycles. The van der Waals surface area contributed by atoms with Crippen molar-refractivity contribution in [3.05, 3.63) is 47.6 Å². The second-order valence-corrected chi connectivity index (χ2v) is 5.55. The van der Waals surface area contributed by atoms with Gasteiger partial charge in [-0.05, 0) is 36.8 Å². The van der Waals surface area contributed by atoms with Crippen molar-refractivity contribution < 1.29 is 0 Å². The van der Waals surface area contributed by atoms with Crippen LogP contribution in [-0.4, -0.2) is 0 Å². The van der Waals surface area contributed by atoms with E-state index >= 15 is 0 Å². The Kier molecular flexibility index (Phi) is 4.63. The SMILES string of the molecule is CCCCC1=CCC=C1C1(CCCC)C=CC=C1. The van der Waals surface area contributed by atoms with Gasteiger partial charge in [0.1, 0.15) is 0 Å². The molecule has 0 amide bonds. The van der Waals surface area contributed by atoms with Crippen LogP contribution in [0, 0.1) is 5.41 Å². The third kappa shape index (κ3) is 2.68. The summed E-state index contributed by atoms with van der Waals surface area (Å²) >= 11 is 0. The number of allylic oxidation sites excluding steroid dienone is 8. The van der Waals surface area contributed by atoms with Gasteiger partial charge in [-0.15, -0.1) is 0 Å². The van der Waals surface area contributed by atoms with E-state index in [1.165, 1.54) is 38.5 Å². The Morgan fingerprint density at radius 1 is 1.00 bits per heavy atom. The molecule has 0 unspecified atom stereocenters. The predicted molar refractivity (Wildman–Crippen MR) is 80.5 cm³/mol. The smallest absolute Gasteiger partial charge is 0.0317 e. The highest BCUT2D eigenvalue weighted by atomic mass is 14.4. The number of hydrogen-bond donors (Lipinski definition) is 0. The van der Waals surface area contributed by atoms with Gasteiger partial charge in [0.25, 0.3) is 0 Å². The van der Waals surface area contributed by atoms with Crippen molar-refractivity contribution in [1.29, 1.82) is 0 Å². The highest BCUT2D eigenvalue weighted by molar-refractivity contribution is 5.50. The van der Waals surface area contributed by atoms with E-state index in [0.29, 0.717) is 0 Å². The van der Waals surface area contributed by atoms with Gasteiger partial charge in [-0.2, -0.15) is 0 Å². The lowest BCUT2D eigenvalue weighted by molar-refractivity contribution is 0.508. The Balaban J connectivity index is 2.14. The highest BCUT2D eigenvalue weighted by Gasteiger charge is 2.32. The normalized spacial score (nSPS) is 20.3. The second-order valence-electron chi connectivity index (χ2n) is 5.55. The first-order valence-corrected chi connectivity index (χ1v) is 7.59. The molecule has 0 radical (unpaired) electrons. The molecule has 18 heavy (non-hydrogen) atoms. The third-order valence-corrected chi connectivity index (χ3v) is 4.18. The van der Waals surface area contributed by atoms with Gasteiger partial charge in [0.15, 0.2) is 0 Å². The van der Waals surface area contributed by atoms with Crippen molar-refractivity contribution in [2.75, 3.05) is 0 Å². The molecule has 98 valence electrons. The lowest BCUT2D eigenvalue weighted by Gasteiger charge is -2.29. The minimum absolute atomic E-state index is 0.228. The van der Waals surface area contributed by atoms with Gasteiger partial charge < -0.3 is 0 Å². The standard InChI is InChI=1S/C18H26/c1-3-5-10-16-11-9-12-17(16)18(13-6-4-2)14-7-8-15-18/h7-8,11-12,14-15H,3-6,9-10,13H2,1-2H3. The van der Waals surface area contributed by atoms with Crippen molar-refractivity contribution in [3.8, 4) is 0 Å². The van der Waals surface area contributed by atoms with Crippen LogP contribution in [0.5, 0.6) is 0 Å². The van der Waals surface area contributed by atoms with Gasteiger partial charge >= 0.3 is 0 Å². The van der Waals surface area contributed by atoms with E-state index in [0.717, 1.165) is 6.42 Å². The van der Waals surface area contributed by atoms with Crippen LogP contribution in [0.3, 0.4) is 0 Å². The molecular formula is C18H26. The minimum atomic E-state index is 0.228. The molecule has 0 fully saturated rings. The number of unbranched alkanes of at least 4 members (excludes halogenated alkanes) is 2. The fourth-order valence-electron chi connectivity index (χ4n) is 3.11. The topological polar surface area (TPSA) is 0 Å². The van der Waals surface area contributed by atoms with Gasteiger partial charge in [0.05, 0.1) is 0 Å². The molecule has 0 N–H and O–H groups in total. The first-order valence-electron chi connectivity index (χ1n) is 7.59.